The second-order valence-corrected chi connectivity index (χ2v) is 15.0. The number of nitrogens with zero attached hydrogens (tertiary/aromatic N) is 2. The smallest absolute Gasteiger partial charge is 0.117 e. The number of fused-ring (bicyclic) bond motifs is 7. The highest BCUT2D eigenvalue weighted by atomic mass is 32.1. The van der Waals surface area contributed by atoms with E-state index in [0.29, 0.717) is 5.92 Å². The summed E-state index contributed by atoms with van der Waals surface area (Å²) < 4.78 is 5.12. The number of aromatic nitrogens is 1. The van der Waals surface area contributed by atoms with Crippen LogP contribution >= 0.6 is 11.3 Å². The predicted octanol–water partition coefficient (Wildman–Crippen LogP) is 12.9. The van der Waals surface area contributed by atoms with Crippen molar-refractivity contribution >= 4 is 59.2 Å². The minimum absolute atomic E-state index is 0.0318. The second kappa shape index (κ2) is 11.0. The molecule has 2 aliphatic rings. The predicted molar refractivity (Wildman–Crippen MR) is 217 cm³/mol. The van der Waals surface area contributed by atoms with Gasteiger partial charge in [0.2, 0.25) is 0 Å². The van der Waals surface area contributed by atoms with E-state index >= 15 is 0 Å². The van der Waals surface area contributed by atoms with Gasteiger partial charge in [0.25, 0.3) is 0 Å². The van der Waals surface area contributed by atoms with E-state index < -0.39 is 0 Å². The maximum Gasteiger partial charge on any atom is 0.117 e. The Bertz CT molecular complexity index is 2890. The van der Waals surface area contributed by atoms with Gasteiger partial charge in [-0.3, -0.25) is 4.57 Å². The van der Waals surface area contributed by atoms with Gasteiger partial charge in [-0.05, 0) is 75.7 Å². The largest absolute Gasteiger partial charge is 0.297 e. The van der Waals surface area contributed by atoms with Gasteiger partial charge in [0.05, 0.1) is 11.0 Å². The molecule has 9 aromatic rings. The molecule has 1 fully saturated rings. The molecule has 0 amide bonds. The minimum atomic E-state index is -0.0318. The van der Waals surface area contributed by atoms with E-state index in [1.54, 1.807) is 0 Å². The molecule has 0 spiro atoms. The maximum atomic E-state index is 5.12. The highest BCUT2D eigenvalue weighted by Gasteiger charge is 2.58. The van der Waals surface area contributed by atoms with Gasteiger partial charge in [0.15, 0.2) is 0 Å². The van der Waals surface area contributed by atoms with Crippen LogP contribution in [0.4, 0.5) is 0 Å². The van der Waals surface area contributed by atoms with E-state index in [0.717, 1.165) is 12.3 Å². The van der Waals surface area contributed by atoms with Gasteiger partial charge >= 0.3 is 0 Å². The highest BCUT2D eigenvalue weighted by Crippen LogP contribution is 2.58. The van der Waals surface area contributed by atoms with Crippen LogP contribution < -0.4 is 0 Å². The molecule has 1 aliphatic carbocycles. The van der Waals surface area contributed by atoms with Gasteiger partial charge in [0.1, 0.15) is 5.84 Å². The summed E-state index contributed by atoms with van der Waals surface area (Å²) >= 11 is 1.89. The monoisotopic (exact) mass is 668 g/mol. The molecule has 2 atom stereocenters. The van der Waals surface area contributed by atoms with Crippen molar-refractivity contribution in [3.05, 3.63) is 182 Å². The molecule has 3 heteroatoms. The summed E-state index contributed by atoms with van der Waals surface area (Å²) in [5.41, 5.74) is 11.3. The average molecular weight is 669 g/mol. The van der Waals surface area contributed by atoms with Gasteiger partial charge in [0, 0.05) is 48.5 Å². The molecular formula is C48H32N2S. The first-order valence-electron chi connectivity index (χ1n) is 17.7. The molecule has 7 aromatic carbocycles. The van der Waals surface area contributed by atoms with E-state index in [-0.39, 0.29) is 5.41 Å². The fraction of sp³-hybridized carbons (Fsp3) is 0.0625. The van der Waals surface area contributed by atoms with Crippen molar-refractivity contribution in [2.24, 2.45) is 10.9 Å². The minimum Gasteiger partial charge on any atom is -0.297 e. The molecular weight excluding hydrogens is 637 g/mol. The van der Waals surface area contributed by atoms with Crippen LogP contribution in [0, 0.1) is 5.92 Å². The van der Waals surface area contributed by atoms with Crippen molar-refractivity contribution in [3.63, 3.8) is 0 Å². The van der Waals surface area contributed by atoms with Crippen LogP contribution in [0.5, 0.6) is 0 Å². The van der Waals surface area contributed by atoms with Crippen molar-refractivity contribution in [1.82, 2.24) is 4.57 Å². The van der Waals surface area contributed by atoms with Crippen molar-refractivity contribution < 1.29 is 0 Å². The summed E-state index contributed by atoms with van der Waals surface area (Å²) in [6.07, 6.45) is 5.45. The lowest BCUT2D eigenvalue weighted by Crippen LogP contribution is -2.22. The summed E-state index contributed by atoms with van der Waals surface area (Å²) in [6, 6.07) is 60.1. The number of para-hydroxylation sites is 1. The maximum absolute atomic E-state index is 5.12. The Labute approximate surface area is 300 Å². The molecule has 0 radical (unpaired) electrons. The summed E-state index contributed by atoms with van der Waals surface area (Å²) in [5.74, 6) is 1.46. The third-order valence-corrected chi connectivity index (χ3v) is 12.5. The number of thiophene rings is 1. The van der Waals surface area contributed by atoms with Crippen LogP contribution in [0.3, 0.4) is 0 Å². The molecule has 0 saturated heterocycles. The zero-order valence-electron chi connectivity index (χ0n) is 27.8. The van der Waals surface area contributed by atoms with E-state index in [9.17, 15) is 0 Å². The summed E-state index contributed by atoms with van der Waals surface area (Å²) in [5, 5.41) is 5.20. The number of benzene rings is 7. The number of allylic oxidation sites excluding steroid dienone is 1. The van der Waals surface area contributed by atoms with Gasteiger partial charge < -0.3 is 0 Å². The molecule has 3 heterocycles. The lowest BCUT2D eigenvalue weighted by atomic mass is 9.90. The first kappa shape index (κ1) is 28.8. The molecule has 2 aromatic heterocycles. The molecule has 1 saturated carbocycles. The fourth-order valence-corrected chi connectivity index (χ4v) is 9.83. The van der Waals surface area contributed by atoms with E-state index in [2.05, 4.69) is 174 Å². The van der Waals surface area contributed by atoms with Crippen LogP contribution in [0.2, 0.25) is 0 Å². The van der Waals surface area contributed by atoms with E-state index in [1.165, 1.54) is 80.9 Å². The number of aliphatic imine (C=N–C) groups is 1. The Morgan fingerprint density at radius 2 is 1.20 bits per heavy atom. The Morgan fingerprint density at radius 1 is 0.529 bits per heavy atom. The Kier molecular flexibility index (Phi) is 6.20. The van der Waals surface area contributed by atoms with Crippen LogP contribution in [-0.4, -0.2) is 10.4 Å². The summed E-state index contributed by atoms with van der Waals surface area (Å²) in [6.45, 7) is 0. The van der Waals surface area contributed by atoms with Crippen LogP contribution in [0.25, 0.3) is 75.4 Å². The Balaban J connectivity index is 0.963. The molecule has 0 N–H and O–H groups in total. The molecule has 51 heavy (non-hydrogen) atoms. The van der Waals surface area contributed by atoms with Gasteiger partial charge in [-0.1, -0.05) is 140 Å². The highest BCUT2D eigenvalue weighted by molar-refractivity contribution is 7.26. The van der Waals surface area contributed by atoms with Crippen LogP contribution in [0.1, 0.15) is 12.0 Å². The van der Waals surface area contributed by atoms with Crippen molar-refractivity contribution in [1.29, 1.82) is 0 Å². The van der Waals surface area contributed by atoms with Crippen molar-refractivity contribution in [2.45, 2.75) is 11.8 Å². The third kappa shape index (κ3) is 4.38. The normalized spacial score (nSPS) is 18.0. The topological polar surface area (TPSA) is 17.3 Å². The first-order valence-corrected chi connectivity index (χ1v) is 18.5. The Morgan fingerprint density at radius 3 is 2.06 bits per heavy atom. The summed E-state index contributed by atoms with van der Waals surface area (Å²) in [4.78, 5) is 5.12. The quantitative estimate of drug-likeness (QED) is 0.178. The van der Waals surface area contributed by atoms with Crippen molar-refractivity contribution in [2.75, 3.05) is 0 Å². The van der Waals surface area contributed by atoms with Crippen molar-refractivity contribution in [3.8, 4) is 33.4 Å². The summed E-state index contributed by atoms with van der Waals surface area (Å²) in [7, 11) is 0. The number of rotatable bonds is 4. The lowest BCUT2D eigenvalue weighted by molar-refractivity contribution is 0.817. The van der Waals surface area contributed by atoms with Gasteiger partial charge in [-0.25, -0.2) is 4.99 Å². The van der Waals surface area contributed by atoms with Gasteiger partial charge in [-0.15, -0.1) is 11.3 Å². The molecule has 2 nitrogen and oxygen atoms in total. The third-order valence-electron chi connectivity index (χ3n) is 11.2. The second-order valence-electron chi connectivity index (χ2n) is 14.0. The van der Waals surface area contributed by atoms with Crippen LogP contribution in [-0.2, 0) is 5.41 Å². The standard InChI is InChI=1S/C48H32N2S/c1-2-10-31(11-3-1)33-12-8-13-34(28-33)32-20-23-36(24-21-32)48-26-27-49-47(42(48)30-48)50-43-18-6-4-14-38(43)41-29-35(22-25-44(41)50)37-16-9-17-40-39-15-5-7-19-45(39)51-46(37)40/h1-29,42H,30H2/t42-,48?/m1/s1. The van der Waals surface area contributed by atoms with E-state index in [1.807, 2.05) is 17.5 Å². The first-order chi connectivity index (χ1) is 25.2. The zero-order chi connectivity index (χ0) is 33.5. The van der Waals surface area contributed by atoms with Gasteiger partial charge in [-0.2, -0.15) is 0 Å². The fourth-order valence-electron chi connectivity index (χ4n) is 8.59. The Hall–Kier alpha value is -6.03. The molecule has 240 valence electrons. The number of hydrogen-bond donors (Lipinski definition) is 0. The average Bonchev–Trinajstić information content (AvgIpc) is 3.73. The molecule has 0 bridgehead atoms. The molecule has 1 unspecified atom stereocenters. The molecule has 1 aliphatic heterocycles. The SMILES string of the molecule is C1=CC2(c3ccc(-c4cccc(-c5ccccc5)c4)cc3)C[C@@H]2C(n2c3ccccc3c3cc(-c4cccc5c4sc4ccccc45)ccc32)=N1. The number of hydrogen-bond acceptors (Lipinski definition) is 2. The molecule has 11 rings (SSSR count). The zero-order valence-corrected chi connectivity index (χ0v) is 28.6. The van der Waals surface area contributed by atoms with E-state index in [4.69, 9.17) is 4.99 Å². The van der Waals surface area contributed by atoms with Crippen LogP contribution in [0.15, 0.2) is 181 Å². The lowest BCUT2D eigenvalue weighted by Gasteiger charge is -2.20.